The van der Waals surface area contributed by atoms with Crippen LogP contribution in [0.15, 0.2) is 18.2 Å². The average molecular weight is 224 g/mol. The van der Waals surface area contributed by atoms with Gasteiger partial charge in [-0.25, -0.2) is 4.79 Å². The number of carbonyl (C=O) groups excluding carboxylic acids is 1. The number of hydrogen-bond donors (Lipinski definition) is 2. The third-order valence-electron chi connectivity index (χ3n) is 2.27. The Morgan fingerprint density at radius 1 is 1.56 bits per heavy atom. The minimum absolute atomic E-state index is 0.0492. The molecule has 7 heteroatoms. The van der Waals surface area contributed by atoms with Crippen LogP contribution in [0.25, 0.3) is 0 Å². The number of non-ortho nitro benzene ring substituents is 1. The van der Waals surface area contributed by atoms with Crippen LogP contribution in [0.5, 0.6) is 5.75 Å². The fourth-order valence-electron chi connectivity index (χ4n) is 1.49. The number of nitro benzene ring substituents is 1. The molecule has 0 aromatic heterocycles. The first kappa shape index (κ1) is 10.2. The Morgan fingerprint density at radius 2 is 2.31 bits per heavy atom. The lowest BCUT2D eigenvalue weighted by atomic mass is 10.1. The molecule has 2 N–H and O–H groups in total. The largest absolute Gasteiger partial charge is 0.508 e. The highest BCUT2D eigenvalue weighted by atomic mass is 16.6. The minimum atomic E-state index is -0.601. The molecule has 1 aromatic carbocycles. The molecule has 0 saturated carbocycles. The predicted molar refractivity (Wildman–Crippen MR) is 52.0 cm³/mol. The van der Waals surface area contributed by atoms with Gasteiger partial charge in [0.1, 0.15) is 12.4 Å². The standard InChI is InChI=1S/C9H8N2O5/c12-8-2-1-5(11(14)15)3-6(8)7-4-16-9(13)10-7/h1-3,7,12H,4H2,(H,10,13)/t7-/m0/s1. The molecule has 2 rings (SSSR count). The van der Waals surface area contributed by atoms with Gasteiger partial charge in [0.15, 0.2) is 0 Å². The van der Waals surface area contributed by atoms with Crippen molar-refractivity contribution in [3.05, 3.63) is 33.9 Å². The molecule has 7 nitrogen and oxygen atoms in total. The summed E-state index contributed by atoms with van der Waals surface area (Å²) in [4.78, 5) is 20.8. The number of benzene rings is 1. The zero-order valence-corrected chi connectivity index (χ0v) is 8.04. The summed E-state index contributed by atoms with van der Waals surface area (Å²) in [5.74, 6) is -0.110. The molecule has 16 heavy (non-hydrogen) atoms. The van der Waals surface area contributed by atoms with E-state index in [-0.39, 0.29) is 23.6 Å². The number of cyclic esters (lactones) is 1. The maximum absolute atomic E-state index is 10.8. The molecular weight excluding hydrogens is 216 g/mol. The molecule has 0 spiro atoms. The zero-order chi connectivity index (χ0) is 11.7. The van der Waals surface area contributed by atoms with E-state index in [9.17, 15) is 20.0 Å². The third kappa shape index (κ3) is 1.74. The van der Waals surface area contributed by atoms with E-state index in [2.05, 4.69) is 10.1 Å². The van der Waals surface area contributed by atoms with Crippen molar-refractivity contribution < 1.29 is 19.6 Å². The number of alkyl carbamates (subject to hydrolysis) is 1. The molecule has 0 radical (unpaired) electrons. The van der Waals surface area contributed by atoms with E-state index in [0.29, 0.717) is 0 Å². The first-order chi connectivity index (χ1) is 7.58. The van der Waals surface area contributed by atoms with Crippen LogP contribution in [-0.4, -0.2) is 22.7 Å². The van der Waals surface area contributed by atoms with Crippen LogP contribution in [0.2, 0.25) is 0 Å². The maximum atomic E-state index is 10.8. The van der Waals surface area contributed by atoms with Crippen LogP contribution < -0.4 is 5.32 Å². The Morgan fingerprint density at radius 3 is 2.88 bits per heavy atom. The van der Waals surface area contributed by atoms with Gasteiger partial charge in [-0.15, -0.1) is 0 Å². The lowest BCUT2D eigenvalue weighted by molar-refractivity contribution is -0.385. The first-order valence-electron chi connectivity index (χ1n) is 4.48. The van der Waals surface area contributed by atoms with Gasteiger partial charge in [0.25, 0.3) is 5.69 Å². The highest BCUT2D eigenvalue weighted by Gasteiger charge is 2.27. The number of phenolic OH excluding ortho intramolecular Hbond substituents is 1. The summed E-state index contributed by atoms with van der Waals surface area (Å²) in [6, 6.07) is 3.08. The number of phenols is 1. The number of aromatic hydroxyl groups is 1. The Kier molecular flexibility index (Phi) is 2.35. The van der Waals surface area contributed by atoms with Crippen LogP contribution in [0, 0.1) is 10.1 Å². The Bertz CT molecular complexity index is 459. The minimum Gasteiger partial charge on any atom is -0.508 e. The van der Waals surface area contributed by atoms with Gasteiger partial charge in [-0.05, 0) is 6.07 Å². The van der Waals surface area contributed by atoms with E-state index < -0.39 is 17.1 Å². The number of nitro groups is 1. The predicted octanol–water partition coefficient (Wildman–Crippen LogP) is 1.08. The van der Waals surface area contributed by atoms with Crippen molar-refractivity contribution in [1.82, 2.24) is 5.32 Å². The van der Waals surface area contributed by atoms with Crippen LogP contribution >= 0.6 is 0 Å². The fourth-order valence-corrected chi connectivity index (χ4v) is 1.49. The normalized spacial score (nSPS) is 19.0. The number of rotatable bonds is 2. The molecule has 1 aliphatic rings. The molecule has 1 aromatic rings. The highest BCUT2D eigenvalue weighted by Crippen LogP contribution is 2.30. The molecule has 0 unspecified atom stereocenters. The van der Waals surface area contributed by atoms with Gasteiger partial charge >= 0.3 is 6.09 Å². The molecule has 1 fully saturated rings. The van der Waals surface area contributed by atoms with E-state index in [4.69, 9.17) is 0 Å². The lowest BCUT2D eigenvalue weighted by Gasteiger charge is -2.09. The van der Waals surface area contributed by atoms with Gasteiger partial charge < -0.3 is 15.2 Å². The second-order valence-electron chi connectivity index (χ2n) is 3.30. The van der Waals surface area contributed by atoms with Crippen molar-refractivity contribution in [1.29, 1.82) is 0 Å². The summed E-state index contributed by atoms with van der Waals surface area (Å²) in [7, 11) is 0. The number of carbonyl (C=O) groups is 1. The van der Waals surface area contributed by atoms with Gasteiger partial charge in [-0.3, -0.25) is 10.1 Å². The molecule has 1 aliphatic heterocycles. The SMILES string of the molecule is O=C1N[C@H](c2cc([N+](=O)[O-])ccc2O)CO1. The summed E-state index contributed by atoms with van der Waals surface area (Å²) < 4.78 is 4.64. The number of amides is 1. The molecular formula is C9H8N2O5. The van der Waals surface area contributed by atoms with Crippen molar-refractivity contribution in [3.8, 4) is 5.75 Å². The monoisotopic (exact) mass is 224 g/mol. The molecule has 84 valence electrons. The highest BCUT2D eigenvalue weighted by molar-refractivity contribution is 5.70. The molecule has 0 aliphatic carbocycles. The zero-order valence-electron chi connectivity index (χ0n) is 8.04. The van der Waals surface area contributed by atoms with E-state index in [1.54, 1.807) is 0 Å². The smallest absolute Gasteiger partial charge is 0.407 e. The maximum Gasteiger partial charge on any atom is 0.407 e. The van der Waals surface area contributed by atoms with Gasteiger partial charge in [0.2, 0.25) is 0 Å². The first-order valence-corrected chi connectivity index (χ1v) is 4.48. The molecule has 1 heterocycles. The lowest BCUT2D eigenvalue weighted by Crippen LogP contribution is -2.18. The Balaban J connectivity index is 2.35. The van der Waals surface area contributed by atoms with Crippen molar-refractivity contribution in [2.24, 2.45) is 0 Å². The van der Waals surface area contributed by atoms with Gasteiger partial charge in [0.05, 0.1) is 11.0 Å². The van der Waals surface area contributed by atoms with Crippen molar-refractivity contribution >= 4 is 11.8 Å². The summed E-state index contributed by atoms with van der Waals surface area (Å²) in [5, 5.41) is 22.5. The summed E-state index contributed by atoms with van der Waals surface area (Å²) in [6.07, 6.45) is -0.601. The molecule has 0 bridgehead atoms. The summed E-state index contributed by atoms with van der Waals surface area (Å²) in [5.41, 5.74) is 0.133. The number of nitrogens with zero attached hydrogens (tertiary/aromatic N) is 1. The molecule has 1 saturated heterocycles. The summed E-state index contributed by atoms with van der Waals surface area (Å²) in [6.45, 7) is 0.0492. The number of hydrogen-bond acceptors (Lipinski definition) is 5. The third-order valence-corrected chi connectivity index (χ3v) is 2.27. The Labute approximate surface area is 89.8 Å². The Hall–Kier alpha value is -2.31. The van der Waals surface area contributed by atoms with E-state index in [1.165, 1.54) is 18.2 Å². The van der Waals surface area contributed by atoms with E-state index >= 15 is 0 Å². The van der Waals surface area contributed by atoms with Crippen molar-refractivity contribution in [2.75, 3.05) is 6.61 Å². The topological polar surface area (TPSA) is 102 Å². The summed E-state index contributed by atoms with van der Waals surface area (Å²) >= 11 is 0. The fraction of sp³-hybridized carbons (Fsp3) is 0.222. The van der Waals surface area contributed by atoms with Crippen molar-refractivity contribution in [3.63, 3.8) is 0 Å². The quantitative estimate of drug-likeness (QED) is 0.578. The number of nitrogens with one attached hydrogen (secondary N) is 1. The van der Waals surface area contributed by atoms with E-state index in [0.717, 1.165) is 0 Å². The second-order valence-corrected chi connectivity index (χ2v) is 3.30. The molecule has 1 atom stereocenters. The van der Waals surface area contributed by atoms with Crippen molar-refractivity contribution in [2.45, 2.75) is 6.04 Å². The van der Waals surface area contributed by atoms with Crippen LogP contribution in [0.1, 0.15) is 11.6 Å². The van der Waals surface area contributed by atoms with Crippen LogP contribution in [0.4, 0.5) is 10.5 Å². The van der Waals surface area contributed by atoms with Crippen LogP contribution in [0.3, 0.4) is 0 Å². The molecule has 1 amide bonds. The van der Waals surface area contributed by atoms with Gasteiger partial charge in [0, 0.05) is 17.7 Å². The van der Waals surface area contributed by atoms with Gasteiger partial charge in [-0.2, -0.15) is 0 Å². The number of ether oxygens (including phenoxy) is 1. The van der Waals surface area contributed by atoms with Crippen LogP contribution in [-0.2, 0) is 4.74 Å². The van der Waals surface area contributed by atoms with E-state index in [1.807, 2.05) is 0 Å². The average Bonchev–Trinajstić information content (AvgIpc) is 2.65. The second kappa shape index (κ2) is 3.69. The van der Waals surface area contributed by atoms with Gasteiger partial charge in [-0.1, -0.05) is 0 Å².